The zero-order valence-corrected chi connectivity index (χ0v) is 12.8. The maximum atomic E-state index is 12.1. The van der Waals surface area contributed by atoms with Gasteiger partial charge < -0.3 is 5.21 Å². The normalized spacial score (nSPS) is 10.8. The van der Waals surface area contributed by atoms with Crippen LogP contribution in [-0.2, 0) is 0 Å². The highest BCUT2D eigenvalue weighted by molar-refractivity contribution is 5.93. The molecule has 4 nitrogen and oxygen atoms in total. The van der Waals surface area contributed by atoms with Gasteiger partial charge in [0.2, 0.25) is 0 Å². The number of aromatic nitrogens is 2. The van der Waals surface area contributed by atoms with Crippen LogP contribution in [0.15, 0.2) is 83.8 Å². The number of hydrogen-bond donors (Lipinski definition) is 1. The first-order valence-electron chi connectivity index (χ1n) is 7.60. The lowest BCUT2D eigenvalue weighted by Gasteiger charge is -2.10. The molecule has 0 saturated carbocycles. The molecule has 2 aromatic carbocycles. The van der Waals surface area contributed by atoms with Crippen molar-refractivity contribution in [3.05, 3.63) is 89.3 Å². The van der Waals surface area contributed by atoms with Crippen molar-refractivity contribution >= 4 is 11.0 Å². The van der Waals surface area contributed by atoms with Gasteiger partial charge in [0.05, 0.1) is 0 Å². The summed E-state index contributed by atoms with van der Waals surface area (Å²) >= 11 is 0. The van der Waals surface area contributed by atoms with Crippen molar-refractivity contribution < 1.29 is 5.21 Å². The first kappa shape index (κ1) is 14.2. The molecule has 0 aliphatic heterocycles. The lowest BCUT2D eigenvalue weighted by Crippen LogP contribution is -2.18. The molecule has 116 valence electrons. The molecule has 0 aliphatic carbocycles. The Labute approximate surface area is 138 Å². The molecule has 0 saturated heterocycles. The van der Waals surface area contributed by atoms with Crippen LogP contribution in [0.5, 0.6) is 0 Å². The summed E-state index contributed by atoms with van der Waals surface area (Å²) in [6, 6.07) is 23.1. The van der Waals surface area contributed by atoms with E-state index < -0.39 is 5.56 Å². The zero-order chi connectivity index (χ0) is 16.5. The second-order valence-corrected chi connectivity index (χ2v) is 5.53. The van der Waals surface area contributed by atoms with Gasteiger partial charge in [-0.25, -0.2) is 4.98 Å². The van der Waals surface area contributed by atoms with Crippen LogP contribution in [-0.4, -0.2) is 14.9 Å². The van der Waals surface area contributed by atoms with Crippen LogP contribution in [0.1, 0.15) is 0 Å². The van der Waals surface area contributed by atoms with Gasteiger partial charge >= 0.3 is 0 Å². The van der Waals surface area contributed by atoms with Crippen LogP contribution in [0.4, 0.5) is 0 Å². The van der Waals surface area contributed by atoms with Crippen molar-refractivity contribution in [2.24, 2.45) is 0 Å². The molecule has 0 radical (unpaired) electrons. The molecule has 4 rings (SSSR count). The Bertz CT molecular complexity index is 1090. The maximum Gasteiger partial charge on any atom is 0.285 e. The summed E-state index contributed by atoms with van der Waals surface area (Å²) in [5, 5.41) is 10.6. The van der Waals surface area contributed by atoms with Crippen LogP contribution in [0.25, 0.3) is 33.3 Å². The Hall–Kier alpha value is -3.40. The summed E-state index contributed by atoms with van der Waals surface area (Å²) < 4.78 is 0.583. The summed E-state index contributed by atoms with van der Waals surface area (Å²) in [4.78, 5) is 16.2. The van der Waals surface area contributed by atoms with Crippen molar-refractivity contribution in [3.63, 3.8) is 0 Å². The third-order valence-electron chi connectivity index (χ3n) is 4.03. The third kappa shape index (κ3) is 2.34. The number of pyridine rings is 2. The molecule has 4 heteroatoms. The Morgan fingerprint density at radius 2 is 1.54 bits per heavy atom. The van der Waals surface area contributed by atoms with Gasteiger partial charge in [-0.15, -0.1) is 4.73 Å². The van der Waals surface area contributed by atoms with E-state index in [9.17, 15) is 10.0 Å². The monoisotopic (exact) mass is 314 g/mol. The summed E-state index contributed by atoms with van der Waals surface area (Å²) in [7, 11) is 0. The van der Waals surface area contributed by atoms with Crippen LogP contribution < -0.4 is 5.56 Å². The molecule has 2 aromatic heterocycles. The number of hydrogen-bond acceptors (Lipinski definition) is 3. The molecule has 4 aromatic rings. The van der Waals surface area contributed by atoms with E-state index in [1.54, 1.807) is 12.3 Å². The third-order valence-corrected chi connectivity index (χ3v) is 4.03. The molecule has 1 N–H and O–H groups in total. The standard InChI is InChI=1S/C20H14N2O2/c23-19-13-18(17-10-5-11-21-20(17)22(19)24)16-9-4-8-15(12-16)14-6-2-1-3-7-14/h1-13,24H. The van der Waals surface area contributed by atoms with Gasteiger partial charge in [-0.05, 0) is 40.5 Å². The lowest BCUT2D eigenvalue weighted by atomic mass is 9.98. The fourth-order valence-corrected chi connectivity index (χ4v) is 2.88. The van der Waals surface area contributed by atoms with Crippen molar-refractivity contribution in [1.29, 1.82) is 0 Å². The van der Waals surface area contributed by atoms with Gasteiger partial charge in [-0.3, -0.25) is 4.79 Å². The average Bonchev–Trinajstić information content (AvgIpc) is 2.65. The predicted octanol–water partition coefficient (Wildman–Crippen LogP) is 3.97. The van der Waals surface area contributed by atoms with Gasteiger partial charge in [-0.1, -0.05) is 48.5 Å². The van der Waals surface area contributed by atoms with Gasteiger partial charge in [0.1, 0.15) is 0 Å². The van der Waals surface area contributed by atoms with Crippen LogP contribution in [0.3, 0.4) is 0 Å². The average molecular weight is 314 g/mol. The molecule has 2 heterocycles. The summed E-state index contributed by atoms with van der Waals surface area (Å²) in [6.07, 6.45) is 1.55. The molecule has 24 heavy (non-hydrogen) atoms. The molecule has 0 amide bonds. The quantitative estimate of drug-likeness (QED) is 0.570. The van der Waals surface area contributed by atoms with Crippen molar-refractivity contribution in [2.75, 3.05) is 0 Å². The number of benzene rings is 2. The Morgan fingerprint density at radius 1 is 0.792 bits per heavy atom. The smallest absolute Gasteiger partial charge is 0.285 e. The molecule has 0 spiro atoms. The maximum absolute atomic E-state index is 12.1. The summed E-state index contributed by atoms with van der Waals surface area (Å²) in [6.45, 7) is 0. The molecule has 0 fully saturated rings. The van der Waals surface area contributed by atoms with Crippen molar-refractivity contribution in [3.8, 4) is 22.3 Å². The van der Waals surface area contributed by atoms with Crippen molar-refractivity contribution in [1.82, 2.24) is 9.71 Å². The Kier molecular flexibility index (Phi) is 3.35. The Morgan fingerprint density at radius 3 is 2.38 bits per heavy atom. The minimum Gasteiger partial charge on any atom is -0.423 e. The van der Waals surface area contributed by atoms with E-state index in [0.717, 1.165) is 27.6 Å². The van der Waals surface area contributed by atoms with Gasteiger partial charge in [0.15, 0.2) is 5.65 Å². The fourth-order valence-electron chi connectivity index (χ4n) is 2.88. The highest BCUT2D eigenvalue weighted by atomic mass is 16.5. The highest BCUT2D eigenvalue weighted by Gasteiger charge is 2.11. The number of fused-ring (bicyclic) bond motifs is 1. The van der Waals surface area contributed by atoms with Gasteiger partial charge in [-0.2, -0.15) is 0 Å². The largest absolute Gasteiger partial charge is 0.423 e. The van der Waals surface area contributed by atoms with Crippen LogP contribution >= 0.6 is 0 Å². The SMILES string of the molecule is O=c1cc(-c2cccc(-c3ccccc3)c2)c2cccnc2n1O. The Balaban J connectivity index is 1.96. The van der Waals surface area contributed by atoms with Crippen molar-refractivity contribution in [2.45, 2.75) is 0 Å². The summed E-state index contributed by atoms with van der Waals surface area (Å²) in [5.41, 5.74) is 3.60. The van der Waals surface area contributed by atoms with Gasteiger partial charge in [0, 0.05) is 17.6 Å². The topological polar surface area (TPSA) is 55.1 Å². The second kappa shape index (κ2) is 5.66. The molecular weight excluding hydrogens is 300 g/mol. The second-order valence-electron chi connectivity index (χ2n) is 5.53. The first-order chi connectivity index (χ1) is 11.7. The minimum atomic E-state index is -0.499. The van der Waals surface area contributed by atoms with E-state index in [0.29, 0.717) is 4.73 Å². The van der Waals surface area contributed by atoms with Crippen LogP contribution in [0.2, 0.25) is 0 Å². The van der Waals surface area contributed by atoms with E-state index in [-0.39, 0.29) is 5.65 Å². The van der Waals surface area contributed by atoms with E-state index in [1.165, 1.54) is 6.07 Å². The number of nitrogens with zero attached hydrogens (tertiary/aromatic N) is 2. The first-order valence-corrected chi connectivity index (χ1v) is 7.60. The predicted molar refractivity (Wildman–Crippen MR) is 94.1 cm³/mol. The number of rotatable bonds is 2. The zero-order valence-electron chi connectivity index (χ0n) is 12.8. The van der Waals surface area contributed by atoms with E-state index in [1.807, 2.05) is 60.7 Å². The molecular formula is C20H14N2O2. The fraction of sp³-hybridized carbons (Fsp3) is 0. The van der Waals surface area contributed by atoms with E-state index in [2.05, 4.69) is 4.98 Å². The highest BCUT2D eigenvalue weighted by Crippen LogP contribution is 2.29. The van der Waals surface area contributed by atoms with Crippen LogP contribution in [0, 0.1) is 0 Å². The molecule has 0 aliphatic rings. The van der Waals surface area contributed by atoms with Gasteiger partial charge in [0.25, 0.3) is 5.56 Å². The minimum absolute atomic E-state index is 0.255. The molecule has 0 unspecified atom stereocenters. The molecule has 0 atom stereocenters. The molecule has 0 bridgehead atoms. The summed E-state index contributed by atoms with van der Waals surface area (Å²) in [5.74, 6) is 0. The van der Waals surface area contributed by atoms with E-state index >= 15 is 0 Å². The lowest BCUT2D eigenvalue weighted by molar-refractivity contribution is 0.187. The van der Waals surface area contributed by atoms with E-state index in [4.69, 9.17) is 0 Å².